The van der Waals surface area contributed by atoms with Gasteiger partial charge in [-0.1, -0.05) is 51.1 Å². The van der Waals surface area contributed by atoms with E-state index < -0.39 is 0 Å². The van der Waals surface area contributed by atoms with Crippen LogP contribution in [0.5, 0.6) is 0 Å². The van der Waals surface area contributed by atoms with Crippen molar-refractivity contribution in [2.75, 3.05) is 0 Å². The molecule has 2 aromatic heterocycles. The Labute approximate surface area is 161 Å². The van der Waals surface area contributed by atoms with Crippen molar-refractivity contribution in [1.29, 1.82) is 0 Å². The predicted molar refractivity (Wildman–Crippen MR) is 114 cm³/mol. The first kappa shape index (κ1) is 17.7. The molecule has 0 amide bonds. The highest BCUT2D eigenvalue weighted by Gasteiger charge is 2.20. The summed E-state index contributed by atoms with van der Waals surface area (Å²) in [6.07, 6.45) is 5.28. The highest BCUT2D eigenvalue weighted by atomic mass is 14.9. The largest absolute Gasteiger partial charge is 0.256 e. The van der Waals surface area contributed by atoms with Crippen molar-refractivity contribution in [3.8, 4) is 11.3 Å². The Bertz CT molecular complexity index is 1150. The van der Waals surface area contributed by atoms with Gasteiger partial charge in [-0.05, 0) is 41.3 Å². The predicted octanol–water partition coefficient (Wildman–Crippen LogP) is 5.78. The minimum absolute atomic E-state index is 0.267. The standard InChI is InChI=1S/C25H27N2/c1-17-10-11-19-20-8-6-7-9-22(20)26-16-21(19)24(17)23-14-18(12-13-27(23)5)15-25(2,3)4/h6-14,16H,15H2,1-5H3/q+1. The van der Waals surface area contributed by atoms with Crippen LogP contribution in [0.4, 0.5) is 0 Å². The molecule has 0 saturated heterocycles. The molecule has 0 unspecified atom stereocenters. The first-order chi connectivity index (χ1) is 12.8. The summed E-state index contributed by atoms with van der Waals surface area (Å²) >= 11 is 0. The summed E-state index contributed by atoms with van der Waals surface area (Å²) in [5.74, 6) is 0. The zero-order chi connectivity index (χ0) is 19.2. The number of aromatic nitrogens is 2. The second-order valence-electron chi connectivity index (χ2n) is 8.76. The molecule has 0 fully saturated rings. The first-order valence-electron chi connectivity index (χ1n) is 9.59. The summed E-state index contributed by atoms with van der Waals surface area (Å²) in [6.45, 7) is 9.07. The molecule has 0 spiro atoms. The molecule has 27 heavy (non-hydrogen) atoms. The van der Waals surface area contributed by atoms with Crippen molar-refractivity contribution in [3.63, 3.8) is 0 Å². The molecule has 0 aliphatic rings. The average molecular weight is 356 g/mol. The van der Waals surface area contributed by atoms with Crippen molar-refractivity contribution >= 4 is 21.7 Å². The van der Waals surface area contributed by atoms with Gasteiger partial charge in [0.1, 0.15) is 7.05 Å². The maximum Gasteiger partial charge on any atom is 0.213 e. The minimum atomic E-state index is 0.267. The van der Waals surface area contributed by atoms with E-state index in [2.05, 4.69) is 88.0 Å². The molecular weight excluding hydrogens is 328 g/mol. The van der Waals surface area contributed by atoms with E-state index in [-0.39, 0.29) is 5.41 Å². The van der Waals surface area contributed by atoms with Gasteiger partial charge in [-0.2, -0.15) is 0 Å². The molecule has 2 aromatic carbocycles. The third-order valence-electron chi connectivity index (χ3n) is 5.19. The Kier molecular flexibility index (Phi) is 4.22. The third-order valence-corrected chi connectivity index (χ3v) is 5.19. The van der Waals surface area contributed by atoms with Crippen molar-refractivity contribution in [1.82, 2.24) is 4.98 Å². The Morgan fingerprint density at radius 2 is 1.70 bits per heavy atom. The van der Waals surface area contributed by atoms with Crippen LogP contribution < -0.4 is 4.57 Å². The minimum Gasteiger partial charge on any atom is -0.256 e. The van der Waals surface area contributed by atoms with Crippen LogP contribution in [-0.4, -0.2) is 4.98 Å². The first-order valence-corrected chi connectivity index (χ1v) is 9.59. The Morgan fingerprint density at radius 1 is 0.926 bits per heavy atom. The molecule has 0 N–H and O–H groups in total. The lowest BCUT2D eigenvalue weighted by molar-refractivity contribution is -0.660. The van der Waals surface area contributed by atoms with Crippen LogP contribution in [0.2, 0.25) is 0 Å². The van der Waals surface area contributed by atoms with Crippen LogP contribution in [0, 0.1) is 12.3 Å². The fraction of sp³-hybridized carbons (Fsp3) is 0.280. The molecule has 0 aliphatic heterocycles. The quantitative estimate of drug-likeness (QED) is 0.329. The number of pyridine rings is 2. The van der Waals surface area contributed by atoms with Gasteiger partial charge in [-0.25, -0.2) is 4.57 Å². The number of hydrogen-bond donors (Lipinski definition) is 0. The van der Waals surface area contributed by atoms with E-state index in [1.54, 1.807) is 0 Å². The van der Waals surface area contributed by atoms with Gasteiger partial charge in [0.2, 0.25) is 5.69 Å². The Hall–Kier alpha value is -2.74. The van der Waals surface area contributed by atoms with Gasteiger partial charge in [-0.15, -0.1) is 0 Å². The fourth-order valence-corrected chi connectivity index (χ4v) is 3.97. The Morgan fingerprint density at radius 3 is 2.48 bits per heavy atom. The maximum absolute atomic E-state index is 4.74. The number of fused-ring (bicyclic) bond motifs is 3. The van der Waals surface area contributed by atoms with Crippen LogP contribution >= 0.6 is 0 Å². The molecule has 2 nitrogen and oxygen atoms in total. The lowest BCUT2D eigenvalue weighted by Crippen LogP contribution is -2.31. The van der Waals surface area contributed by atoms with Crippen LogP contribution in [0.15, 0.2) is 60.9 Å². The number of nitrogens with zero attached hydrogens (tertiary/aromatic N) is 2. The summed E-state index contributed by atoms with van der Waals surface area (Å²) < 4.78 is 2.23. The second kappa shape index (κ2) is 6.45. The van der Waals surface area contributed by atoms with Crippen molar-refractivity contribution in [2.45, 2.75) is 34.1 Å². The van der Waals surface area contributed by atoms with E-state index in [1.165, 1.54) is 38.5 Å². The number of para-hydroxylation sites is 1. The van der Waals surface area contributed by atoms with Crippen LogP contribution in [-0.2, 0) is 13.5 Å². The molecule has 0 atom stereocenters. The zero-order valence-electron chi connectivity index (χ0n) is 16.9. The molecule has 2 heteroatoms. The van der Waals surface area contributed by atoms with E-state index >= 15 is 0 Å². The molecule has 4 aromatic rings. The molecule has 0 radical (unpaired) electrons. The Balaban J connectivity index is 2.00. The van der Waals surface area contributed by atoms with Gasteiger partial charge in [0, 0.05) is 29.1 Å². The topological polar surface area (TPSA) is 16.8 Å². The van der Waals surface area contributed by atoms with E-state index in [1.807, 2.05) is 12.3 Å². The zero-order valence-corrected chi connectivity index (χ0v) is 16.9. The van der Waals surface area contributed by atoms with Crippen molar-refractivity contribution < 1.29 is 4.57 Å². The third kappa shape index (κ3) is 3.32. The average Bonchev–Trinajstić information content (AvgIpc) is 2.62. The molecule has 0 aliphatic carbocycles. The van der Waals surface area contributed by atoms with E-state index in [0.29, 0.717) is 0 Å². The van der Waals surface area contributed by atoms with Crippen LogP contribution in [0.3, 0.4) is 0 Å². The van der Waals surface area contributed by atoms with E-state index in [9.17, 15) is 0 Å². The van der Waals surface area contributed by atoms with Crippen LogP contribution in [0.1, 0.15) is 31.9 Å². The SMILES string of the molecule is Cc1ccc2c(cnc3ccccc32)c1-c1cc(CC(C)(C)C)cc[n+]1C. The van der Waals surface area contributed by atoms with Crippen molar-refractivity contribution in [2.24, 2.45) is 12.5 Å². The summed E-state index contributed by atoms with van der Waals surface area (Å²) in [7, 11) is 2.13. The maximum atomic E-state index is 4.74. The highest BCUT2D eigenvalue weighted by molar-refractivity contribution is 6.10. The smallest absolute Gasteiger partial charge is 0.213 e. The number of benzene rings is 2. The monoisotopic (exact) mass is 355 g/mol. The van der Waals surface area contributed by atoms with Gasteiger partial charge in [0.25, 0.3) is 0 Å². The lowest BCUT2D eigenvalue weighted by atomic mass is 9.87. The molecule has 4 rings (SSSR count). The molecular formula is C25H27N2+. The fourth-order valence-electron chi connectivity index (χ4n) is 3.97. The molecule has 2 heterocycles. The second-order valence-corrected chi connectivity index (χ2v) is 8.76. The molecule has 136 valence electrons. The van der Waals surface area contributed by atoms with Crippen molar-refractivity contribution in [3.05, 3.63) is 72.1 Å². The van der Waals surface area contributed by atoms with Gasteiger partial charge >= 0.3 is 0 Å². The summed E-state index contributed by atoms with van der Waals surface area (Å²) in [6, 6.07) is 17.4. The summed E-state index contributed by atoms with van der Waals surface area (Å²) in [5, 5.41) is 3.70. The van der Waals surface area contributed by atoms with E-state index in [4.69, 9.17) is 4.98 Å². The molecule has 0 saturated carbocycles. The van der Waals surface area contributed by atoms with Gasteiger partial charge in [0.15, 0.2) is 6.20 Å². The normalized spacial score (nSPS) is 12.0. The van der Waals surface area contributed by atoms with E-state index in [0.717, 1.165) is 11.9 Å². The van der Waals surface area contributed by atoms with Gasteiger partial charge in [0.05, 0.1) is 11.1 Å². The van der Waals surface area contributed by atoms with Crippen LogP contribution in [0.25, 0.3) is 32.9 Å². The van der Waals surface area contributed by atoms with Gasteiger partial charge < -0.3 is 0 Å². The van der Waals surface area contributed by atoms with Gasteiger partial charge in [-0.3, -0.25) is 4.98 Å². The summed E-state index contributed by atoms with van der Waals surface area (Å²) in [4.78, 5) is 4.74. The number of hydrogen-bond acceptors (Lipinski definition) is 1. The number of rotatable bonds is 2. The molecule has 0 bridgehead atoms. The lowest BCUT2D eigenvalue weighted by Gasteiger charge is -2.18. The summed E-state index contributed by atoms with van der Waals surface area (Å²) in [5.41, 5.74) is 6.50. The highest BCUT2D eigenvalue weighted by Crippen LogP contribution is 2.34. The number of aryl methyl sites for hydroxylation is 2.